The van der Waals surface area contributed by atoms with Gasteiger partial charge in [0.1, 0.15) is 23.4 Å². The van der Waals surface area contributed by atoms with E-state index in [4.69, 9.17) is 27.9 Å². The molecule has 2 N–H and O–H groups in total. The molecule has 1 fully saturated rings. The number of carbonyl (C=O) groups excluding carboxylic acids is 1. The molecule has 4 aromatic rings. The number of nitrogens with zero attached hydrogens (tertiary/aromatic N) is 4. The van der Waals surface area contributed by atoms with Crippen LogP contribution in [0.25, 0.3) is 22.8 Å². The topological polar surface area (TPSA) is 96.0 Å². The van der Waals surface area contributed by atoms with Crippen LogP contribution in [0.15, 0.2) is 48.9 Å². The fourth-order valence-corrected chi connectivity index (χ4v) is 5.46. The zero-order chi connectivity index (χ0) is 27.7. The van der Waals surface area contributed by atoms with Crippen LogP contribution in [0.5, 0.6) is 5.75 Å². The molecule has 1 aliphatic heterocycles. The molecule has 0 radical (unpaired) electrons. The summed E-state index contributed by atoms with van der Waals surface area (Å²) in [5.41, 5.74) is 2.26. The number of halogens is 3. The van der Waals surface area contributed by atoms with E-state index in [2.05, 4.69) is 25.5 Å². The lowest BCUT2D eigenvalue weighted by atomic mass is 10.1. The first-order valence-electron chi connectivity index (χ1n) is 12.5. The molecule has 11 heteroatoms. The van der Waals surface area contributed by atoms with Gasteiger partial charge in [-0.05, 0) is 51.1 Å². The van der Waals surface area contributed by atoms with Gasteiger partial charge in [-0.2, -0.15) is 5.10 Å². The molecule has 39 heavy (non-hydrogen) atoms. The van der Waals surface area contributed by atoms with Crippen molar-refractivity contribution in [2.24, 2.45) is 0 Å². The monoisotopic (exact) mass is 568 g/mol. The van der Waals surface area contributed by atoms with Crippen molar-refractivity contribution in [3.8, 4) is 5.75 Å². The predicted molar refractivity (Wildman–Crippen MR) is 151 cm³/mol. The van der Waals surface area contributed by atoms with Crippen LogP contribution in [-0.2, 0) is 0 Å². The highest BCUT2D eigenvalue weighted by molar-refractivity contribution is 6.35. The number of ether oxygens (including phenoxy) is 1. The van der Waals surface area contributed by atoms with Crippen LogP contribution < -0.4 is 10.1 Å². The minimum atomic E-state index is -0.533. The van der Waals surface area contributed by atoms with Gasteiger partial charge in [0.2, 0.25) is 0 Å². The van der Waals surface area contributed by atoms with Crippen LogP contribution in [0.3, 0.4) is 0 Å². The lowest BCUT2D eigenvalue weighted by molar-refractivity contribution is 0.0668. The number of carbonyl (C=O) groups is 1. The third kappa shape index (κ3) is 5.90. The van der Waals surface area contributed by atoms with Gasteiger partial charge in [0.25, 0.3) is 5.91 Å². The van der Waals surface area contributed by atoms with Crippen molar-refractivity contribution >= 4 is 51.9 Å². The van der Waals surface area contributed by atoms with Crippen molar-refractivity contribution in [3.05, 3.63) is 81.5 Å². The molecule has 0 bridgehead atoms. The number of rotatable bonds is 6. The Labute approximate surface area is 235 Å². The standard InChI is InChI=1S/C28H27Cl2FN6O2/c1-15-13-37(14-16(2)34-15)28(38)25-6-4-18(10-33-25)23(31)9-26-20-8-19(5-7-24(20)35-36-26)39-17(3)27-21(29)11-32-12-22(27)30/h4-12,15-17,34H,13-14H2,1-3H3,(H,35,36)/b23-9-/t15-,16+,17-/m1/s1. The quantitative estimate of drug-likeness (QED) is 0.292. The highest BCUT2D eigenvalue weighted by Gasteiger charge is 2.26. The summed E-state index contributed by atoms with van der Waals surface area (Å²) in [5.74, 6) is -0.161. The minimum absolute atomic E-state index is 0.166. The maximum absolute atomic E-state index is 15.2. The number of H-pyrrole nitrogens is 1. The number of hydrogen-bond donors (Lipinski definition) is 2. The molecule has 1 aliphatic rings. The first kappa shape index (κ1) is 27.1. The number of aromatic nitrogens is 4. The number of fused-ring (bicyclic) bond motifs is 1. The first-order chi connectivity index (χ1) is 18.7. The highest BCUT2D eigenvalue weighted by Crippen LogP contribution is 2.34. The molecular weight excluding hydrogens is 542 g/mol. The van der Waals surface area contributed by atoms with E-state index in [0.717, 1.165) is 0 Å². The fourth-order valence-electron chi connectivity index (χ4n) is 4.79. The molecule has 1 saturated heterocycles. The second-order valence-electron chi connectivity index (χ2n) is 9.70. The summed E-state index contributed by atoms with van der Waals surface area (Å²) >= 11 is 12.5. The summed E-state index contributed by atoms with van der Waals surface area (Å²) in [6.07, 6.45) is 5.25. The molecule has 1 aromatic carbocycles. The van der Waals surface area contributed by atoms with Gasteiger partial charge < -0.3 is 15.0 Å². The van der Waals surface area contributed by atoms with Gasteiger partial charge >= 0.3 is 0 Å². The van der Waals surface area contributed by atoms with Crippen LogP contribution in [0.1, 0.15) is 54.2 Å². The Kier molecular flexibility index (Phi) is 7.83. The van der Waals surface area contributed by atoms with E-state index in [0.29, 0.717) is 51.0 Å². The zero-order valence-electron chi connectivity index (χ0n) is 21.6. The minimum Gasteiger partial charge on any atom is -0.486 e. The summed E-state index contributed by atoms with van der Waals surface area (Å²) in [7, 11) is 0. The lowest BCUT2D eigenvalue weighted by Crippen LogP contribution is -2.55. The van der Waals surface area contributed by atoms with Gasteiger partial charge in [0, 0.05) is 66.4 Å². The van der Waals surface area contributed by atoms with Crippen molar-refractivity contribution in [2.75, 3.05) is 13.1 Å². The van der Waals surface area contributed by atoms with Crippen LogP contribution in [-0.4, -0.2) is 56.1 Å². The number of pyridine rings is 2. The number of piperazine rings is 1. The average Bonchev–Trinajstić information content (AvgIpc) is 3.29. The summed E-state index contributed by atoms with van der Waals surface area (Å²) in [4.78, 5) is 22.9. The molecule has 0 aliphatic carbocycles. The van der Waals surface area contributed by atoms with E-state index >= 15 is 4.39 Å². The van der Waals surface area contributed by atoms with Crippen LogP contribution in [0.2, 0.25) is 10.0 Å². The van der Waals surface area contributed by atoms with Gasteiger partial charge in [-0.15, -0.1) is 0 Å². The third-order valence-electron chi connectivity index (χ3n) is 6.54. The molecule has 0 unspecified atom stereocenters. The van der Waals surface area contributed by atoms with Crippen molar-refractivity contribution in [1.29, 1.82) is 0 Å². The lowest BCUT2D eigenvalue weighted by Gasteiger charge is -2.35. The van der Waals surface area contributed by atoms with Gasteiger partial charge in [0.15, 0.2) is 0 Å². The smallest absolute Gasteiger partial charge is 0.272 e. The van der Waals surface area contributed by atoms with Crippen molar-refractivity contribution in [1.82, 2.24) is 30.4 Å². The second-order valence-corrected chi connectivity index (χ2v) is 10.5. The van der Waals surface area contributed by atoms with E-state index in [1.54, 1.807) is 35.2 Å². The van der Waals surface area contributed by atoms with E-state index < -0.39 is 11.9 Å². The van der Waals surface area contributed by atoms with Gasteiger partial charge in [-0.1, -0.05) is 23.2 Å². The molecule has 0 spiro atoms. The average molecular weight is 569 g/mol. The fraction of sp³-hybridized carbons (Fsp3) is 0.286. The molecule has 0 saturated carbocycles. The zero-order valence-corrected chi connectivity index (χ0v) is 23.1. The summed E-state index contributed by atoms with van der Waals surface area (Å²) < 4.78 is 21.3. The van der Waals surface area contributed by atoms with E-state index in [1.807, 2.05) is 20.8 Å². The number of hydrogen-bond acceptors (Lipinski definition) is 6. The molecule has 202 valence electrons. The Balaban J connectivity index is 1.34. The number of amides is 1. The Morgan fingerprint density at radius 1 is 1.13 bits per heavy atom. The van der Waals surface area contributed by atoms with Gasteiger partial charge in [-0.25, -0.2) is 4.39 Å². The summed E-state index contributed by atoms with van der Waals surface area (Å²) in [6, 6.07) is 8.84. The number of nitrogens with one attached hydrogen (secondary N) is 2. The Hall–Kier alpha value is -3.53. The molecule has 1 amide bonds. The number of benzene rings is 1. The van der Waals surface area contributed by atoms with E-state index in [9.17, 15) is 4.79 Å². The third-order valence-corrected chi connectivity index (χ3v) is 7.14. The normalized spacial score (nSPS) is 18.8. The van der Waals surface area contributed by atoms with Crippen LogP contribution in [0, 0.1) is 0 Å². The van der Waals surface area contributed by atoms with Crippen molar-refractivity contribution < 1.29 is 13.9 Å². The maximum atomic E-state index is 15.2. The highest BCUT2D eigenvalue weighted by atomic mass is 35.5. The Morgan fingerprint density at radius 3 is 2.51 bits per heavy atom. The molecule has 3 atom stereocenters. The van der Waals surface area contributed by atoms with Crippen molar-refractivity contribution in [2.45, 2.75) is 39.0 Å². The second kappa shape index (κ2) is 11.3. The Bertz CT molecular complexity index is 1510. The van der Waals surface area contributed by atoms with Gasteiger partial charge in [-0.3, -0.25) is 19.9 Å². The number of aromatic amines is 1. The first-order valence-corrected chi connectivity index (χ1v) is 13.3. The Morgan fingerprint density at radius 2 is 1.85 bits per heavy atom. The largest absolute Gasteiger partial charge is 0.486 e. The van der Waals surface area contributed by atoms with Crippen LogP contribution >= 0.6 is 23.2 Å². The molecule has 5 rings (SSSR count). The maximum Gasteiger partial charge on any atom is 0.272 e. The van der Waals surface area contributed by atoms with E-state index in [1.165, 1.54) is 24.7 Å². The van der Waals surface area contributed by atoms with Gasteiger partial charge in [0.05, 0.1) is 21.3 Å². The summed E-state index contributed by atoms with van der Waals surface area (Å²) in [6.45, 7) is 7.10. The van der Waals surface area contributed by atoms with E-state index in [-0.39, 0.29) is 29.2 Å². The van der Waals surface area contributed by atoms with Crippen LogP contribution in [0.4, 0.5) is 4.39 Å². The SMILES string of the molecule is C[C@@H]1CN(C(=O)c2ccc(/C(F)=C/c3n[nH]c4ccc(O[C@H](C)c5c(Cl)cncc5Cl)cc34)cn2)C[C@H](C)N1. The summed E-state index contributed by atoms with van der Waals surface area (Å²) in [5, 5.41) is 12.0. The predicted octanol–water partition coefficient (Wildman–Crippen LogP) is 6.09. The molecular formula is C28H27Cl2FN6O2. The van der Waals surface area contributed by atoms with Crippen molar-refractivity contribution in [3.63, 3.8) is 0 Å². The molecule has 8 nitrogen and oxygen atoms in total. The molecule has 4 heterocycles. The molecule has 3 aromatic heterocycles.